The number of ether oxygens (including phenoxy) is 2. The highest BCUT2D eigenvalue weighted by Gasteiger charge is 2.42. The molecule has 0 aliphatic carbocycles. The Morgan fingerprint density at radius 1 is 1.00 bits per heavy atom. The van der Waals surface area contributed by atoms with Crippen LogP contribution >= 0.6 is 0 Å². The summed E-state index contributed by atoms with van der Waals surface area (Å²) >= 11 is 0. The van der Waals surface area contributed by atoms with Crippen LogP contribution in [0.2, 0.25) is 0 Å². The van der Waals surface area contributed by atoms with Crippen molar-refractivity contribution >= 4 is 11.8 Å². The van der Waals surface area contributed by atoms with E-state index < -0.39 is 0 Å². The number of methoxy groups -OCH3 is 1. The van der Waals surface area contributed by atoms with Crippen LogP contribution in [0.15, 0.2) is 48.5 Å². The highest BCUT2D eigenvalue weighted by molar-refractivity contribution is 5.95. The second kappa shape index (κ2) is 8.88. The molecule has 0 bridgehead atoms. The van der Waals surface area contributed by atoms with Crippen molar-refractivity contribution in [3.63, 3.8) is 0 Å². The van der Waals surface area contributed by atoms with Crippen LogP contribution in [0, 0.1) is 12.8 Å². The first-order valence-electron chi connectivity index (χ1n) is 10.4. The summed E-state index contributed by atoms with van der Waals surface area (Å²) in [6.45, 7) is 5.27. The number of likely N-dealkylation sites (tertiary alicyclic amines) is 1. The quantitative estimate of drug-likeness (QED) is 0.781. The molecule has 2 unspecified atom stereocenters. The molecule has 2 saturated heterocycles. The summed E-state index contributed by atoms with van der Waals surface area (Å²) in [4.78, 5) is 30.2. The van der Waals surface area contributed by atoms with Crippen molar-refractivity contribution in [1.29, 1.82) is 0 Å². The fourth-order valence-corrected chi connectivity index (χ4v) is 4.33. The fraction of sp³-hybridized carbons (Fsp3) is 0.417. The Morgan fingerprint density at radius 2 is 1.73 bits per heavy atom. The van der Waals surface area contributed by atoms with E-state index in [-0.39, 0.29) is 23.7 Å². The first kappa shape index (κ1) is 20.4. The van der Waals surface area contributed by atoms with Gasteiger partial charge in [0.05, 0.1) is 26.2 Å². The van der Waals surface area contributed by atoms with E-state index in [1.54, 1.807) is 7.11 Å². The minimum absolute atomic E-state index is 0.0276. The van der Waals surface area contributed by atoms with Crippen molar-refractivity contribution in [2.45, 2.75) is 12.8 Å². The maximum atomic E-state index is 13.4. The Bertz CT molecular complexity index is 906. The van der Waals surface area contributed by atoms with Crippen molar-refractivity contribution in [3.05, 3.63) is 65.2 Å². The van der Waals surface area contributed by atoms with E-state index in [9.17, 15) is 9.59 Å². The zero-order chi connectivity index (χ0) is 21.1. The molecule has 2 fully saturated rings. The van der Waals surface area contributed by atoms with Crippen LogP contribution in [-0.4, -0.2) is 68.1 Å². The number of benzene rings is 2. The van der Waals surface area contributed by atoms with Gasteiger partial charge in [0.15, 0.2) is 0 Å². The van der Waals surface area contributed by atoms with Crippen LogP contribution in [0.4, 0.5) is 0 Å². The third-order valence-electron chi connectivity index (χ3n) is 6.07. The summed E-state index contributed by atoms with van der Waals surface area (Å²) in [7, 11) is 1.64. The Kier molecular flexibility index (Phi) is 6.04. The molecule has 0 spiro atoms. The van der Waals surface area contributed by atoms with Gasteiger partial charge in [-0.15, -0.1) is 0 Å². The zero-order valence-corrected chi connectivity index (χ0v) is 17.5. The lowest BCUT2D eigenvalue weighted by Gasteiger charge is -2.30. The second-order valence-electron chi connectivity index (χ2n) is 8.00. The van der Waals surface area contributed by atoms with Gasteiger partial charge in [-0.25, -0.2) is 0 Å². The minimum atomic E-state index is -0.274. The molecule has 2 aliphatic heterocycles. The first-order chi connectivity index (χ1) is 14.6. The normalized spacial score (nSPS) is 21.5. The summed E-state index contributed by atoms with van der Waals surface area (Å²) in [6, 6.07) is 15.4. The van der Waals surface area contributed by atoms with Gasteiger partial charge in [-0.1, -0.05) is 29.8 Å². The van der Waals surface area contributed by atoms with E-state index in [2.05, 4.69) is 0 Å². The highest BCUT2D eigenvalue weighted by Crippen LogP contribution is 2.36. The molecule has 4 rings (SSSR count). The van der Waals surface area contributed by atoms with Crippen LogP contribution < -0.4 is 4.74 Å². The molecule has 2 aromatic rings. The van der Waals surface area contributed by atoms with Gasteiger partial charge in [0.2, 0.25) is 5.91 Å². The Hall–Kier alpha value is -2.86. The number of nitrogens with zero attached hydrogens (tertiary/aromatic N) is 2. The third kappa shape index (κ3) is 4.19. The number of morpholine rings is 1. The summed E-state index contributed by atoms with van der Waals surface area (Å²) in [5.41, 5.74) is 2.80. The number of aryl methyl sites for hydroxylation is 1. The van der Waals surface area contributed by atoms with E-state index in [0.29, 0.717) is 45.0 Å². The average Bonchev–Trinajstić information content (AvgIpc) is 3.25. The number of amides is 2. The molecule has 0 N–H and O–H groups in total. The lowest BCUT2D eigenvalue weighted by molar-refractivity contribution is -0.139. The maximum absolute atomic E-state index is 13.4. The zero-order valence-electron chi connectivity index (χ0n) is 17.5. The maximum Gasteiger partial charge on any atom is 0.253 e. The summed E-state index contributed by atoms with van der Waals surface area (Å²) in [5, 5.41) is 0. The summed E-state index contributed by atoms with van der Waals surface area (Å²) in [5.74, 6) is 0.494. The molecule has 6 nitrogen and oxygen atoms in total. The Balaban J connectivity index is 1.61. The van der Waals surface area contributed by atoms with Crippen LogP contribution in [0.25, 0.3) is 0 Å². The summed E-state index contributed by atoms with van der Waals surface area (Å²) in [6.07, 6.45) is 0. The second-order valence-corrected chi connectivity index (χ2v) is 8.00. The molecular formula is C24H28N2O4. The lowest BCUT2D eigenvalue weighted by Crippen LogP contribution is -2.45. The molecule has 30 heavy (non-hydrogen) atoms. The first-order valence-corrected chi connectivity index (χ1v) is 10.4. The molecule has 2 atom stereocenters. The fourth-order valence-electron chi connectivity index (χ4n) is 4.33. The van der Waals surface area contributed by atoms with Gasteiger partial charge in [0.1, 0.15) is 5.75 Å². The van der Waals surface area contributed by atoms with Crippen molar-refractivity contribution in [3.8, 4) is 5.75 Å². The van der Waals surface area contributed by atoms with Gasteiger partial charge in [-0.2, -0.15) is 0 Å². The molecule has 2 aromatic carbocycles. The minimum Gasteiger partial charge on any atom is -0.497 e. The predicted molar refractivity (Wildman–Crippen MR) is 114 cm³/mol. The molecule has 0 aromatic heterocycles. The summed E-state index contributed by atoms with van der Waals surface area (Å²) < 4.78 is 10.8. The van der Waals surface area contributed by atoms with E-state index in [4.69, 9.17) is 9.47 Å². The van der Waals surface area contributed by atoms with E-state index in [0.717, 1.165) is 16.9 Å². The molecule has 0 radical (unpaired) electrons. The lowest BCUT2D eigenvalue weighted by atomic mass is 9.87. The van der Waals surface area contributed by atoms with Crippen LogP contribution in [-0.2, 0) is 9.53 Å². The smallest absolute Gasteiger partial charge is 0.253 e. The van der Waals surface area contributed by atoms with Gasteiger partial charge in [-0.3, -0.25) is 9.59 Å². The topological polar surface area (TPSA) is 59.1 Å². The van der Waals surface area contributed by atoms with Crippen molar-refractivity contribution in [2.75, 3.05) is 46.5 Å². The van der Waals surface area contributed by atoms with Crippen molar-refractivity contribution in [1.82, 2.24) is 9.80 Å². The molecule has 6 heteroatoms. The molecule has 2 aliphatic rings. The van der Waals surface area contributed by atoms with E-state index >= 15 is 0 Å². The third-order valence-corrected chi connectivity index (χ3v) is 6.07. The van der Waals surface area contributed by atoms with Crippen molar-refractivity contribution < 1.29 is 19.1 Å². The largest absolute Gasteiger partial charge is 0.497 e. The van der Waals surface area contributed by atoms with Gasteiger partial charge in [0, 0.05) is 37.7 Å². The van der Waals surface area contributed by atoms with Gasteiger partial charge in [0.25, 0.3) is 5.91 Å². The van der Waals surface area contributed by atoms with Gasteiger partial charge in [-0.05, 0) is 36.8 Å². The van der Waals surface area contributed by atoms with E-state index in [1.807, 2.05) is 65.3 Å². The van der Waals surface area contributed by atoms with E-state index in [1.165, 1.54) is 0 Å². The SMILES string of the molecule is COc1cccc(C2CN(C(=O)c3ccc(C)cc3)CC2C(=O)N2CCOCC2)c1. The predicted octanol–water partition coefficient (Wildman–Crippen LogP) is 2.72. The Morgan fingerprint density at radius 3 is 2.43 bits per heavy atom. The van der Waals surface area contributed by atoms with Gasteiger partial charge >= 0.3 is 0 Å². The number of rotatable bonds is 4. The number of carbonyl (C=O) groups is 2. The number of hydrogen-bond acceptors (Lipinski definition) is 4. The van der Waals surface area contributed by atoms with Crippen LogP contribution in [0.5, 0.6) is 5.75 Å². The molecule has 158 valence electrons. The van der Waals surface area contributed by atoms with Crippen molar-refractivity contribution in [2.24, 2.45) is 5.92 Å². The monoisotopic (exact) mass is 408 g/mol. The molecule has 2 amide bonds. The highest BCUT2D eigenvalue weighted by atomic mass is 16.5. The average molecular weight is 408 g/mol. The molecule has 2 heterocycles. The van der Waals surface area contributed by atoms with Crippen LogP contribution in [0.1, 0.15) is 27.4 Å². The molecular weight excluding hydrogens is 380 g/mol. The van der Waals surface area contributed by atoms with Gasteiger partial charge < -0.3 is 19.3 Å². The molecule has 0 saturated carbocycles. The number of hydrogen-bond donors (Lipinski definition) is 0. The standard InChI is InChI=1S/C24H28N2O4/c1-17-6-8-18(9-7-17)23(27)26-15-21(19-4-3-5-20(14-19)29-2)22(16-26)24(28)25-10-12-30-13-11-25/h3-9,14,21-22H,10-13,15-16H2,1-2H3. The number of carbonyl (C=O) groups excluding carboxylic acids is 2. The Labute approximate surface area is 177 Å². The van der Waals surface area contributed by atoms with Crippen LogP contribution in [0.3, 0.4) is 0 Å².